The molecule has 2 heterocycles. The number of Topliss-reactive ketones (excluding diaryl/α,β-unsaturated/α-hetero) is 2. The SMILES string of the molecule is CC(=O)[C@]1(O)[C@@H](C(=O)C(C)O)O[C@@H](n2cc(C)c(=O)[nH]c2=O)[C@H]1Br. The van der Waals surface area contributed by atoms with E-state index in [4.69, 9.17) is 4.74 Å². The van der Waals surface area contributed by atoms with E-state index in [9.17, 15) is 29.4 Å². The smallest absolute Gasteiger partial charge is 0.330 e. The molecule has 0 bridgehead atoms. The van der Waals surface area contributed by atoms with Crippen LogP contribution in [-0.2, 0) is 14.3 Å². The van der Waals surface area contributed by atoms with E-state index in [1.165, 1.54) is 20.0 Å². The Balaban J connectivity index is 2.58. The van der Waals surface area contributed by atoms with Crippen molar-refractivity contribution >= 4 is 27.5 Å². The molecule has 0 aromatic carbocycles. The van der Waals surface area contributed by atoms with Crippen molar-refractivity contribution in [3.63, 3.8) is 0 Å². The fourth-order valence-electron chi connectivity index (χ4n) is 2.54. The number of ether oxygens (including phenoxy) is 1. The van der Waals surface area contributed by atoms with Gasteiger partial charge in [-0.1, -0.05) is 15.9 Å². The van der Waals surface area contributed by atoms with Crippen molar-refractivity contribution in [2.24, 2.45) is 0 Å². The molecule has 0 spiro atoms. The monoisotopic (exact) mass is 404 g/mol. The van der Waals surface area contributed by atoms with Gasteiger partial charge in [-0.05, 0) is 20.8 Å². The molecule has 0 aliphatic carbocycles. The van der Waals surface area contributed by atoms with Gasteiger partial charge in [-0.25, -0.2) is 4.79 Å². The number of aromatic amines is 1. The van der Waals surface area contributed by atoms with Crippen LogP contribution >= 0.6 is 15.9 Å². The lowest BCUT2D eigenvalue weighted by Crippen LogP contribution is -2.55. The molecule has 1 saturated heterocycles. The molecule has 3 N–H and O–H groups in total. The average Bonchev–Trinajstić information content (AvgIpc) is 2.76. The number of nitrogens with one attached hydrogen (secondary N) is 1. The van der Waals surface area contributed by atoms with Gasteiger partial charge in [-0.15, -0.1) is 0 Å². The van der Waals surface area contributed by atoms with Gasteiger partial charge in [0.25, 0.3) is 5.56 Å². The van der Waals surface area contributed by atoms with E-state index in [1.54, 1.807) is 0 Å². The van der Waals surface area contributed by atoms with Crippen molar-refractivity contribution < 1.29 is 24.5 Å². The summed E-state index contributed by atoms with van der Waals surface area (Å²) in [5, 5.41) is 20.2. The van der Waals surface area contributed by atoms with Gasteiger partial charge in [-0.3, -0.25) is 23.9 Å². The Kier molecular flexibility index (Phi) is 4.96. The molecule has 24 heavy (non-hydrogen) atoms. The van der Waals surface area contributed by atoms with Crippen LogP contribution in [0, 0.1) is 6.92 Å². The summed E-state index contributed by atoms with van der Waals surface area (Å²) in [5.41, 5.74) is -3.48. The first kappa shape index (κ1) is 18.7. The molecular formula is C14H17BrN2O7. The highest BCUT2D eigenvalue weighted by atomic mass is 79.9. The predicted octanol–water partition coefficient (Wildman–Crippen LogP) is -1.22. The number of rotatable bonds is 4. The second-order valence-electron chi connectivity index (χ2n) is 5.75. The summed E-state index contributed by atoms with van der Waals surface area (Å²) in [6, 6.07) is 0. The molecule has 9 nitrogen and oxygen atoms in total. The van der Waals surface area contributed by atoms with E-state index in [-0.39, 0.29) is 5.56 Å². The van der Waals surface area contributed by atoms with Crippen molar-refractivity contribution in [3.8, 4) is 0 Å². The molecule has 5 atom stereocenters. The number of aromatic nitrogens is 2. The normalized spacial score (nSPS) is 31.0. The number of aliphatic hydroxyl groups is 2. The van der Waals surface area contributed by atoms with E-state index >= 15 is 0 Å². The summed E-state index contributed by atoms with van der Waals surface area (Å²) in [6.07, 6.45) is -3.18. The summed E-state index contributed by atoms with van der Waals surface area (Å²) in [6.45, 7) is 3.71. The van der Waals surface area contributed by atoms with E-state index in [1.807, 2.05) is 0 Å². The van der Waals surface area contributed by atoms with Crippen LogP contribution in [0.5, 0.6) is 0 Å². The molecule has 1 aliphatic rings. The number of nitrogens with zero attached hydrogens (tertiary/aromatic N) is 1. The quantitative estimate of drug-likeness (QED) is 0.534. The highest BCUT2D eigenvalue weighted by molar-refractivity contribution is 9.09. The van der Waals surface area contributed by atoms with Gasteiger partial charge in [0, 0.05) is 11.8 Å². The Morgan fingerprint density at radius 3 is 2.54 bits per heavy atom. The lowest BCUT2D eigenvalue weighted by Gasteiger charge is -2.27. The number of alkyl halides is 1. The number of halogens is 1. The zero-order chi connectivity index (χ0) is 18.4. The van der Waals surface area contributed by atoms with Crippen molar-refractivity contribution in [2.75, 3.05) is 0 Å². The molecule has 0 amide bonds. The lowest BCUT2D eigenvalue weighted by molar-refractivity contribution is -0.157. The molecule has 0 radical (unpaired) electrons. The first-order valence-electron chi connectivity index (χ1n) is 7.08. The summed E-state index contributed by atoms with van der Waals surface area (Å²) >= 11 is 3.12. The maximum atomic E-state index is 12.1. The van der Waals surface area contributed by atoms with Crippen molar-refractivity contribution in [1.29, 1.82) is 0 Å². The maximum Gasteiger partial charge on any atom is 0.330 e. The molecule has 1 fully saturated rings. The van der Waals surface area contributed by atoms with Gasteiger partial charge < -0.3 is 14.9 Å². The number of aryl methyl sites for hydroxylation is 1. The highest BCUT2D eigenvalue weighted by Crippen LogP contribution is 2.42. The molecular weight excluding hydrogens is 388 g/mol. The molecule has 10 heteroatoms. The molecule has 1 aromatic heterocycles. The molecule has 1 aliphatic heterocycles. The van der Waals surface area contributed by atoms with Crippen LogP contribution in [0.3, 0.4) is 0 Å². The van der Waals surface area contributed by atoms with Crippen molar-refractivity contribution in [3.05, 3.63) is 32.6 Å². The first-order valence-corrected chi connectivity index (χ1v) is 8.00. The zero-order valence-electron chi connectivity index (χ0n) is 13.1. The van der Waals surface area contributed by atoms with Crippen LogP contribution in [0.4, 0.5) is 0 Å². The number of hydrogen-bond acceptors (Lipinski definition) is 7. The summed E-state index contributed by atoms with van der Waals surface area (Å²) in [4.78, 5) is 48.5. The van der Waals surface area contributed by atoms with Crippen LogP contribution in [-0.4, -0.2) is 54.0 Å². The van der Waals surface area contributed by atoms with Crippen molar-refractivity contribution in [2.45, 2.75) is 49.6 Å². The van der Waals surface area contributed by atoms with E-state index in [0.717, 1.165) is 11.5 Å². The summed E-state index contributed by atoms with van der Waals surface area (Å²) in [7, 11) is 0. The molecule has 0 saturated carbocycles. The third kappa shape index (κ3) is 2.79. The van der Waals surface area contributed by atoms with Crippen LogP contribution in [0.1, 0.15) is 25.6 Å². The number of ketones is 2. The van der Waals surface area contributed by atoms with Gasteiger partial charge in [-0.2, -0.15) is 0 Å². The third-order valence-corrected chi connectivity index (χ3v) is 5.15. The average molecular weight is 405 g/mol. The van der Waals surface area contributed by atoms with Gasteiger partial charge in [0.2, 0.25) is 0 Å². The van der Waals surface area contributed by atoms with Gasteiger partial charge in [0.1, 0.15) is 6.10 Å². The van der Waals surface area contributed by atoms with Crippen LogP contribution in [0.15, 0.2) is 15.8 Å². The molecule has 1 aromatic rings. The van der Waals surface area contributed by atoms with Gasteiger partial charge in [0.15, 0.2) is 29.5 Å². The largest absolute Gasteiger partial charge is 0.386 e. The van der Waals surface area contributed by atoms with Crippen LogP contribution in [0.25, 0.3) is 0 Å². The minimum atomic E-state index is -2.28. The second-order valence-corrected chi connectivity index (χ2v) is 6.73. The molecule has 1 unspecified atom stereocenters. The Hall–Kier alpha value is -1.62. The third-order valence-electron chi connectivity index (χ3n) is 4.00. The molecule has 132 valence electrons. The summed E-state index contributed by atoms with van der Waals surface area (Å²) in [5.74, 6) is -1.66. The number of H-pyrrole nitrogens is 1. The number of aliphatic hydroxyl groups excluding tert-OH is 1. The standard InChI is InChI=1S/C14H17BrN2O7/c1-5-4-17(13(22)16-11(5)21)12-9(15)14(23,7(3)19)10(24-12)8(20)6(2)18/h4,6,9-10,12,18,23H,1-3H3,(H,16,21,22)/t6?,9-,10-,12-,14-/m1/s1. The van der Waals surface area contributed by atoms with E-state index in [0.29, 0.717) is 0 Å². The Morgan fingerprint density at radius 2 is 2.04 bits per heavy atom. The van der Waals surface area contributed by atoms with E-state index in [2.05, 4.69) is 20.9 Å². The fraction of sp³-hybridized carbons (Fsp3) is 0.571. The first-order chi connectivity index (χ1) is 11.0. The Bertz CT molecular complexity index is 799. The zero-order valence-corrected chi connectivity index (χ0v) is 14.7. The molecule has 2 rings (SSSR count). The predicted molar refractivity (Wildman–Crippen MR) is 85.0 cm³/mol. The van der Waals surface area contributed by atoms with Crippen LogP contribution < -0.4 is 11.2 Å². The highest BCUT2D eigenvalue weighted by Gasteiger charge is 2.61. The second kappa shape index (κ2) is 6.36. The van der Waals surface area contributed by atoms with E-state index < -0.39 is 51.7 Å². The Labute approximate surface area is 144 Å². The van der Waals surface area contributed by atoms with Crippen molar-refractivity contribution in [1.82, 2.24) is 9.55 Å². The number of carbonyl (C=O) groups is 2. The number of hydrogen-bond donors (Lipinski definition) is 3. The summed E-state index contributed by atoms with van der Waals surface area (Å²) < 4.78 is 6.42. The minimum Gasteiger partial charge on any atom is -0.386 e. The Morgan fingerprint density at radius 1 is 1.46 bits per heavy atom. The minimum absolute atomic E-state index is 0.203. The lowest BCUT2D eigenvalue weighted by atomic mass is 9.87. The van der Waals surface area contributed by atoms with Gasteiger partial charge in [0.05, 0.1) is 4.83 Å². The maximum absolute atomic E-state index is 12.1. The topological polar surface area (TPSA) is 139 Å². The number of carbonyl (C=O) groups excluding carboxylic acids is 2. The van der Waals surface area contributed by atoms with Gasteiger partial charge >= 0.3 is 5.69 Å². The van der Waals surface area contributed by atoms with Crippen LogP contribution in [0.2, 0.25) is 0 Å². The fourth-order valence-corrected chi connectivity index (χ4v) is 3.48.